The molecule has 25 nitrogen and oxygen atoms in total. The quantitative estimate of drug-likeness (QED) is 0.0216. The summed E-state index contributed by atoms with van der Waals surface area (Å²) in [7, 11) is 1.37. The highest BCUT2D eigenvalue weighted by atomic mass is 16.5. The molecule has 1 saturated carbocycles. The molecule has 1 aliphatic rings. The summed E-state index contributed by atoms with van der Waals surface area (Å²) in [4.78, 5) is 36.4. The highest BCUT2D eigenvalue weighted by Gasteiger charge is 2.21. The zero-order valence-electron chi connectivity index (χ0n) is 91.3. The smallest absolute Gasteiger partial charge is 0.337 e. The SMILES string of the molecule is CC(C)C.CC(C)OC(C)C.CC(C)OCC(N)=O.CC(C)OCC1CC1.CC(C)OCCCCC#N.CC(C)OCc1cccc(C#N)c1.CC(C)OCc1cccnc1.CC(C)OCc1cncc(C#N)c1.CC(C)c1cccc(C#N)c1.CC(C)c1cncc(C#N)c1.CCCOC(C)C.CCOC(C)C.COC(=O)c1cccc(COC(C)C)c1.[C-]#[N+]c1cc(C#N)cc(COC(C)C)c1. The van der Waals surface area contributed by atoms with Gasteiger partial charge in [0.1, 0.15) is 18.7 Å². The van der Waals surface area contributed by atoms with E-state index in [0.29, 0.717) is 121 Å². The third-order valence-electron chi connectivity index (χ3n) is 16.2. The Bertz CT molecular complexity index is 4310. The van der Waals surface area contributed by atoms with Crippen LogP contribution in [-0.4, -0.2) is 140 Å². The monoisotopic (exact) mass is 1920 g/mol. The lowest BCUT2D eigenvalue weighted by atomic mass is 10.0. The molecule has 1 aliphatic carbocycles. The molecule has 25 heteroatoms. The first-order valence-corrected chi connectivity index (χ1v) is 48.7. The van der Waals surface area contributed by atoms with Crippen molar-refractivity contribution in [3.05, 3.63) is 236 Å². The van der Waals surface area contributed by atoms with E-state index >= 15 is 0 Å². The van der Waals surface area contributed by atoms with Gasteiger partial charge >= 0.3 is 5.97 Å². The molecule has 2 N–H and O–H groups in total. The van der Waals surface area contributed by atoms with Gasteiger partial charge in [-0.3, -0.25) is 19.7 Å². The summed E-state index contributed by atoms with van der Waals surface area (Å²) in [5, 5.41) is 51.4. The molecule has 0 saturated heterocycles. The number of methoxy groups -OCH3 is 1. The zero-order valence-corrected chi connectivity index (χ0v) is 91.3. The molecule has 4 aromatic carbocycles. The maximum atomic E-state index is 11.2. The lowest BCUT2D eigenvalue weighted by Crippen LogP contribution is -2.20. The maximum Gasteiger partial charge on any atom is 0.337 e. The van der Waals surface area contributed by atoms with Gasteiger partial charge < -0.3 is 62.6 Å². The van der Waals surface area contributed by atoms with E-state index in [0.717, 1.165) is 96.5 Å². The number of primary amides is 1. The number of esters is 1. The van der Waals surface area contributed by atoms with Crippen molar-refractivity contribution in [2.45, 2.75) is 385 Å². The summed E-state index contributed by atoms with van der Waals surface area (Å²) in [6, 6.07) is 47.6. The molecule has 0 atom stereocenters. The summed E-state index contributed by atoms with van der Waals surface area (Å²) in [6.45, 7) is 80.2. The van der Waals surface area contributed by atoms with Crippen molar-refractivity contribution in [3.63, 3.8) is 0 Å². The molecule has 0 aliphatic heterocycles. The zero-order chi connectivity index (χ0) is 107. The van der Waals surface area contributed by atoms with Crippen LogP contribution < -0.4 is 5.73 Å². The van der Waals surface area contributed by atoms with E-state index in [-0.39, 0.29) is 49.2 Å². The van der Waals surface area contributed by atoms with Crippen molar-refractivity contribution in [2.75, 3.05) is 40.1 Å². The second-order valence-corrected chi connectivity index (χ2v) is 36.2. The predicted molar refractivity (Wildman–Crippen MR) is 562 cm³/mol. The van der Waals surface area contributed by atoms with E-state index < -0.39 is 5.91 Å². The Labute approximate surface area is 841 Å². The number of hydrogen-bond acceptors (Lipinski definition) is 23. The maximum absolute atomic E-state index is 11.2. The van der Waals surface area contributed by atoms with Crippen LogP contribution in [0.5, 0.6) is 0 Å². The lowest BCUT2D eigenvalue weighted by molar-refractivity contribution is -0.123. The number of carbonyl (C=O) groups excluding carboxylic acids is 2. The Morgan fingerprint density at radius 3 is 1.17 bits per heavy atom. The number of benzene rings is 4. The van der Waals surface area contributed by atoms with Crippen LogP contribution in [0.4, 0.5) is 5.69 Å². The number of nitriles is 6. The Kier molecular flexibility index (Phi) is 92.3. The Morgan fingerprint density at radius 2 is 0.791 bits per heavy atom. The summed E-state index contributed by atoms with van der Waals surface area (Å²) in [5.41, 5.74) is 16.3. The molecule has 3 heterocycles. The second-order valence-electron chi connectivity index (χ2n) is 36.2. The Hall–Kier alpha value is -10.7. The minimum atomic E-state index is -0.418. The number of amides is 1. The van der Waals surface area contributed by atoms with Crippen LogP contribution in [0.15, 0.2) is 152 Å². The minimum absolute atomic E-state index is 0.0255. The number of pyridine rings is 3. The fourth-order valence-electron chi connectivity index (χ4n) is 9.47. The number of nitrogens with two attached hydrogens (primary N) is 1. The topological polar surface area (TPSA) is 357 Å². The average Bonchev–Trinajstić information content (AvgIpc) is 1.70. The molecule has 0 bridgehead atoms. The fourth-order valence-corrected chi connectivity index (χ4v) is 9.47. The predicted octanol–water partition coefficient (Wildman–Crippen LogP) is 27.1. The number of ether oxygens (including phenoxy) is 12. The van der Waals surface area contributed by atoms with E-state index in [1.165, 1.54) is 25.5 Å². The summed E-state index contributed by atoms with van der Waals surface area (Å²) >= 11 is 0. The first kappa shape index (κ1) is 139. The summed E-state index contributed by atoms with van der Waals surface area (Å²) in [5.74, 6) is 1.96. The number of aromatic nitrogens is 3. The van der Waals surface area contributed by atoms with Crippen molar-refractivity contribution < 1.29 is 66.4 Å². The molecular weight excluding hydrogens is 1750 g/mol. The van der Waals surface area contributed by atoms with Gasteiger partial charge in [-0.05, 0) is 335 Å². The number of hydrogen-bond donors (Lipinski definition) is 1. The highest BCUT2D eigenvalue weighted by molar-refractivity contribution is 5.89. The normalized spacial score (nSPS) is 10.6. The van der Waals surface area contributed by atoms with Crippen molar-refractivity contribution in [1.29, 1.82) is 31.6 Å². The first-order chi connectivity index (χ1) is 65.6. The lowest BCUT2D eigenvalue weighted by Gasteiger charge is -2.09. The van der Waals surface area contributed by atoms with Gasteiger partial charge in [0.2, 0.25) is 5.91 Å². The van der Waals surface area contributed by atoms with E-state index in [1.807, 2.05) is 237 Å². The molecule has 3 aromatic heterocycles. The van der Waals surface area contributed by atoms with Gasteiger partial charge in [0.25, 0.3) is 0 Å². The van der Waals surface area contributed by atoms with Gasteiger partial charge in [-0.25, -0.2) is 9.64 Å². The summed E-state index contributed by atoms with van der Waals surface area (Å²) < 4.78 is 62.6. The van der Waals surface area contributed by atoms with E-state index in [4.69, 9.17) is 96.0 Å². The van der Waals surface area contributed by atoms with Gasteiger partial charge in [-0.1, -0.05) is 104 Å². The third-order valence-corrected chi connectivity index (χ3v) is 16.2. The Morgan fingerprint density at radius 1 is 0.396 bits per heavy atom. The molecule has 7 aromatic rings. The van der Waals surface area contributed by atoms with Gasteiger partial charge in [-0.2, -0.15) is 31.6 Å². The molecule has 1 fully saturated rings. The molecule has 772 valence electrons. The minimum Gasteiger partial charge on any atom is -0.465 e. The molecular formula is C114H177N11O14. The number of rotatable bonds is 36. The molecule has 0 unspecified atom stereocenters. The van der Waals surface area contributed by atoms with Crippen molar-refractivity contribution in [3.8, 4) is 36.4 Å². The largest absolute Gasteiger partial charge is 0.465 e. The number of carbonyl (C=O) groups is 2. The number of nitrogens with zero attached hydrogens (tertiary/aromatic N) is 10. The van der Waals surface area contributed by atoms with Crippen molar-refractivity contribution >= 4 is 17.6 Å². The molecule has 8 rings (SSSR count). The van der Waals surface area contributed by atoms with Crippen molar-refractivity contribution in [2.24, 2.45) is 17.6 Å². The van der Waals surface area contributed by atoms with Gasteiger partial charge in [-0.15, -0.1) is 0 Å². The Balaban J connectivity index is -0.000000346. The van der Waals surface area contributed by atoms with Crippen LogP contribution in [0.1, 0.15) is 356 Å². The first-order valence-electron chi connectivity index (χ1n) is 48.7. The highest BCUT2D eigenvalue weighted by Crippen LogP contribution is 2.29. The molecule has 1 amide bonds. The van der Waals surface area contributed by atoms with Crippen LogP contribution in [0.3, 0.4) is 0 Å². The van der Waals surface area contributed by atoms with E-state index in [9.17, 15) is 9.59 Å². The van der Waals surface area contributed by atoms with Crippen LogP contribution in [0, 0.1) is 86.4 Å². The van der Waals surface area contributed by atoms with Crippen LogP contribution in [0.2, 0.25) is 0 Å². The molecule has 0 spiro atoms. The fraction of sp³-hybridized carbons (Fsp3) is 0.579. The molecule has 139 heavy (non-hydrogen) atoms. The number of unbranched alkanes of at least 4 members (excludes halogenated alkanes) is 2. The van der Waals surface area contributed by atoms with Crippen LogP contribution in [-0.2, 0) is 94.7 Å². The van der Waals surface area contributed by atoms with Crippen molar-refractivity contribution in [1.82, 2.24) is 15.0 Å². The van der Waals surface area contributed by atoms with Crippen LogP contribution >= 0.6 is 0 Å². The third kappa shape index (κ3) is 100. The second kappa shape index (κ2) is 92.3. The van der Waals surface area contributed by atoms with Gasteiger partial charge in [0.15, 0.2) is 5.69 Å². The van der Waals surface area contributed by atoms with Gasteiger partial charge in [0.05, 0.1) is 172 Å². The van der Waals surface area contributed by atoms with Gasteiger partial charge in [0, 0.05) is 75.6 Å². The molecule has 0 radical (unpaired) electrons. The van der Waals surface area contributed by atoms with E-state index in [2.05, 4.69) is 132 Å². The summed E-state index contributed by atoms with van der Waals surface area (Å²) in [6.07, 6.45) is 20.2. The average molecular weight is 1930 g/mol. The van der Waals surface area contributed by atoms with Crippen LogP contribution in [0.25, 0.3) is 4.85 Å². The standard InChI is InChI=1S/C12H12N2O.C12H16O3.C11H13NO.C10H12N2O.C10H11N.C9H10N2.C9H13NO.C8H15NO.C7H14O.2C6H14O.C5H11NO2.C5H12O.C4H10/c1-9(2)15-8-11-4-10(7-13)5-12(6-11)14-3;1-9(2)15-8-10-5-4-6-11(7-10)12(13)14-3;1-9(2)13-8-11-5-3-4-10(6-11)7-12;1-8(2)13-7-10-3-9(4-11)5-12-6-10;1-8(2)10-5-3-4-9(6-10)7-11;1-7(2)9-3-8(4-10)5-11-6-9;1-8(2)11-7-9-4-3-5-10-6-9;1-8(2)10-7-5-3-4-6-9;1-6(2)8-5-7-3-4-7;1-5(2)7-6(3)4;1-4-5-7-6(2)3;1-4(2)8-3-5(6)7;1-4-6-5(2)3;1-4(2)3/h4-6,9H,8H2,1-2H3;4-7,9H,8H2,1-3H3;3-6,9H,8H2,1-2H3;3,5-6,8H,7H2,1-2H3;3-6,8H,1-2H3;3,5-7H,1-2H3;3-6,8H,7H2,1-2H3;8H,3-5,7H2,1-2H3;6-7H,3-5H2,1-2H3;5-6H,1-4H3;6H,4-5H2,1-3H3;4H,3H2,1-2H3,(H2,6,7);5H,4H2,1-3H3;4H,1-3H3. The van der Waals surface area contributed by atoms with E-state index in [1.54, 1.807) is 73.4 Å².